The van der Waals surface area contributed by atoms with E-state index >= 15 is 0 Å². The summed E-state index contributed by atoms with van der Waals surface area (Å²) < 4.78 is 0. The van der Waals surface area contributed by atoms with Gasteiger partial charge in [0.05, 0.1) is 4.91 Å². The SMILES string of the molecule is Cc1ccc(/C=C2\SC(=O)N(CCN)C2=O)cc1C. The molecule has 0 aromatic heterocycles. The Hall–Kier alpha value is -1.59. The van der Waals surface area contributed by atoms with Crippen molar-refractivity contribution in [2.24, 2.45) is 5.73 Å². The molecule has 0 bridgehead atoms. The lowest BCUT2D eigenvalue weighted by atomic mass is 10.1. The van der Waals surface area contributed by atoms with E-state index in [9.17, 15) is 9.59 Å². The van der Waals surface area contributed by atoms with Crippen molar-refractivity contribution in [3.8, 4) is 0 Å². The molecule has 4 nitrogen and oxygen atoms in total. The van der Waals surface area contributed by atoms with Crippen LogP contribution in [0.4, 0.5) is 4.79 Å². The summed E-state index contributed by atoms with van der Waals surface area (Å²) in [6, 6.07) is 5.96. The first-order valence-electron chi connectivity index (χ1n) is 6.05. The van der Waals surface area contributed by atoms with Gasteiger partial charge in [-0.2, -0.15) is 0 Å². The number of amides is 2. The van der Waals surface area contributed by atoms with Crippen LogP contribution in [0, 0.1) is 13.8 Å². The zero-order valence-electron chi connectivity index (χ0n) is 11.0. The van der Waals surface area contributed by atoms with Crippen molar-refractivity contribution in [2.45, 2.75) is 13.8 Å². The molecule has 0 saturated carbocycles. The Morgan fingerprint density at radius 2 is 2.00 bits per heavy atom. The second kappa shape index (κ2) is 5.59. The van der Waals surface area contributed by atoms with E-state index in [4.69, 9.17) is 5.73 Å². The van der Waals surface area contributed by atoms with Gasteiger partial charge in [0.1, 0.15) is 0 Å². The molecule has 0 unspecified atom stereocenters. The number of thioether (sulfide) groups is 1. The number of nitrogens with two attached hydrogens (primary N) is 1. The topological polar surface area (TPSA) is 63.4 Å². The van der Waals surface area contributed by atoms with Crippen molar-refractivity contribution in [3.63, 3.8) is 0 Å². The minimum Gasteiger partial charge on any atom is -0.329 e. The smallest absolute Gasteiger partial charge is 0.293 e. The van der Waals surface area contributed by atoms with E-state index in [0.29, 0.717) is 4.91 Å². The molecule has 1 heterocycles. The van der Waals surface area contributed by atoms with Gasteiger partial charge in [-0.05, 0) is 48.4 Å². The first-order valence-corrected chi connectivity index (χ1v) is 6.87. The molecule has 2 amide bonds. The highest BCUT2D eigenvalue weighted by atomic mass is 32.2. The van der Waals surface area contributed by atoms with Crippen molar-refractivity contribution in [1.82, 2.24) is 4.90 Å². The summed E-state index contributed by atoms with van der Waals surface area (Å²) >= 11 is 0.970. The number of rotatable bonds is 3. The molecule has 1 aromatic rings. The van der Waals surface area contributed by atoms with Gasteiger partial charge in [-0.1, -0.05) is 18.2 Å². The lowest BCUT2D eigenvalue weighted by Crippen LogP contribution is -2.33. The minimum atomic E-state index is -0.251. The van der Waals surface area contributed by atoms with E-state index in [-0.39, 0.29) is 24.2 Å². The summed E-state index contributed by atoms with van der Waals surface area (Å²) in [5.74, 6) is -0.251. The average Bonchev–Trinajstić information content (AvgIpc) is 2.62. The molecule has 0 atom stereocenters. The molecule has 1 saturated heterocycles. The van der Waals surface area contributed by atoms with Gasteiger partial charge < -0.3 is 5.73 Å². The van der Waals surface area contributed by atoms with Crippen LogP contribution < -0.4 is 5.73 Å². The van der Waals surface area contributed by atoms with E-state index in [1.807, 2.05) is 32.0 Å². The van der Waals surface area contributed by atoms with Crippen LogP contribution >= 0.6 is 11.8 Å². The van der Waals surface area contributed by atoms with Crippen LogP contribution in [0.3, 0.4) is 0 Å². The van der Waals surface area contributed by atoms with Gasteiger partial charge in [-0.3, -0.25) is 14.5 Å². The van der Waals surface area contributed by atoms with E-state index in [2.05, 4.69) is 0 Å². The van der Waals surface area contributed by atoms with Gasteiger partial charge in [-0.15, -0.1) is 0 Å². The number of hydrogen-bond acceptors (Lipinski definition) is 4. The molecule has 0 aliphatic carbocycles. The standard InChI is InChI=1S/C14H16N2O2S/c1-9-3-4-11(7-10(9)2)8-12-13(17)16(6-5-15)14(18)19-12/h3-4,7-8H,5-6,15H2,1-2H3/b12-8-. The van der Waals surface area contributed by atoms with Crippen molar-refractivity contribution < 1.29 is 9.59 Å². The monoisotopic (exact) mass is 276 g/mol. The Morgan fingerprint density at radius 3 is 2.63 bits per heavy atom. The number of aryl methyl sites for hydroxylation is 2. The van der Waals surface area contributed by atoms with Crippen molar-refractivity contribution in [3.05, 3.63) is 39.8 Å². The summed E-state index contributed by atoms with van der Waals surface area (Å²) in [7, 11) is 0. The van der Waals surface area contributed by atoms with E-state index in [1.165, 1.54) is 10.5 Å². The number of hydrogen-bond donors (Lipinski definition) is 1. The van der Waals surface area contributed by atoms with E-state index in [0.717, 1.165) is 22.9 Å². The average molecular weight is 276 g/mol. The van der Waals surface area contributed by atoms with E-state index in [1.54, 1.807) is 6.08 Å². The molecule has 1 aromatic carbocycles. The maximum Gasteiger partial charge on any atom is 0.293 e. The van der Waals surface area contributed by atoms with Crippen LogP contribution in [0.1, 0.15) is 16.7 Å². The molecule has 1 aliphatic rings. The third-order valence-corrected chi connectivity index (χ3v) is 3.96. The van der Waals surface area contributed by atoms with Gasteiger partial charge in [0, 0.05) is 13.1 Å². The molecule has 1 aliphatic heterocycles. The van der Waals surface area contributed by atoms with Crippen molar-refractivity contribution in [1.29, 1.82) is 0 Å². The van der Waals surface area contributed by atoms with Gasteiger partial charge >= 0.3 is 0 Å². The van der Waals surface area contributed by atoms with Crippen LogP contribution in [0.15, 0.2) is 23.1 Å². The fraction of sp³-hybridized carbons (Fsp3) is 0.286. The number of benzene rings is 1. The molecule has 5 heteroatoms. The maximum atomic E-state index is 12.0. The number of nitrogens with zero attached hydrogens (tertiary/aromatic N) is 1. The molecule has 2 rings (SSSR count). The third kappa shape index (κ3) is 2.88. The second-order valence-electron chi connectivity index (χ2n) is 4.47. The fourth-order valence-corrected chi connectivity index (χ4v) is 2.69. The van der Waals surface area contributed by atoms with Crippen LogP contribution in [-0.2, 0) is 4.79 Å². The summed E-state index contributed by atoms with van der Waals surface area (Å²) in [6.07, 6.45) is 1.76. The van der Waals surface area contributed by atoms with Crippen molar-refractivity contribution in [2.75, 3.05) is 13.1 Å². The molecule has 0 radical (unpaired) electrons. The highest BCUT2D eigenvalue weighted by molar-refractivity contribution is 8.18. The molecule has 100 valence electrons. The fourth-order valence-electron chi connectivity index (χ4n) is 1.83. The lowest BCUT2D eigenvalue weighted by Gasteiger charge is -2.09. The first kappa shape index (κ1) is 13.8. The van der Waals surface area contributed by atoms with Crippen molar-refractivity contribution >= 4 is 29.0 Å². The Bertz CT molecular complexity index is 567. The Kier molecular flexibility index (Phi) is 4.07. The zero-order chi connectivity index (χ0) is 14.0. The molecule has 0 spiro atoms. The number of carbonyl (C=O) groups excluding carboxylic acids is 2. The number of carbonyl (C=O) groups is 2. The Labute approximate surface area is 116 Å². The van der Waals surface area contributed by atoms with Gasteiger partial charge in [0.15, 0.2) is 0 Å². The highest BCUT2D eigenvalue weighted by Gasteiger charge is 2.34. The molecular weight excluding hydrogens is 260 g/mol. The van der Waals surface area contributed by atoms with Crippen LogP contribution in [0.5, 0.6) is 0 Å². The molecule has 2 N–H and O–H groups in total. The Morgan fingerprint density at radius 1 is 1.26 bits per heavy atom. The van der Waals surface area contributed by atoms with Gasteiger partial charge in [0.25, 0.3) is 11.1 Å². The summed E-state index contributed by atoms with van der Waals surface area (Å²) in [5, 5.41) is -0.245. The molecule has 19 heavy (non-hydrogen) atoms. The number of imide groups is 1. The van der Waals surface area contributed by atoms with Gasteiger partial charge in [0.2, 0.25) is 0 Å². The zero-order valence-corrected chi connectivity index (χ0v) is 11.8. The minimum absolute atomic E-state index is 0.245. The van der Waals surface area contributed by atoms with Crippen LogP contribution in [-0.4, -0.2) is 29.1 Å². The third-order valence-electron chi connectivity index (χ3n) is 3.06. The predicted molar refractivity (Wildman–Crippen MR) is 77.6 cm³/mol. The highest BCUT2D eigenvalue weighted by Crippen LogP contribution is 2.32. The quantitative estimate of drug-likeness (QED) is 0.860. The maximum absolute atomic E-state index is 12.0. The Balaban J connectivity index is 2.27. The van der Waals surface area contributed by atoms with Crippen LogP contribution in [0.25, 0.3) is 6.08 Å². The first-order chi connectivity index (χ1) is 9.02. The summed E-state index contributed by atoms with van der Waals surface area (Å²) in [4.78, 5) is 25.3. The summed E-state index contributed by atoms with van der Waals surface area (Å²) in [5.41, 5.74) is 8.69. The largest absolute Gasteiger partial charge is 0.329 e. The van der Waals surface area contributed by atoms with Gasteiger partial charge in [-0.25, -0.2) is 0 Å². The normalized spacial score (nSPS) is 17.6. The molecule has 1 fully saturated rings. The predicted octanol–water partition coefficient (Wildman–Crippen LogP) is 2.30. The summed E-state index contributed by atoms with van der Waals surface area (Å²) in [6.45, 7) is 4.62. The molecular formula is C14H16N2O2S. The van der Waals surface area contributed by atoms with E-state index < -0.39 is 0 Å². The lowest BCUT2D eigenvalue weighted by molar-refractivity contribution is -0.122. The van der Waals surface area contributed by atoms with Crippen LogP contribution in [0.2, 0.25) is 0 Å². The second-order valence-corrected chi connectivity index (χ2v) is 5.46.